The number of amides is 1. The van der Waals surface area contributed by atoms with Crippen molar-refractivity contribution >= 4 is 39.1 Å². The van der Waals surface area contributed by atoms with Gasteiger partial charge in [0.05, 0.1) is 15.4 Å². The number of carbonyl (C=O) groups is 1. The van der Waals surface area contributed by atoms with Crippen LogP contribution in [0.15, 0.2) is 56.7 Å². The predicted octanol–water partition coefficient (Wildman–Crippen LogP) is 3.03. The fourth-order valence-corrected chi connectivity index (χ4v) is 4.71. The fourth-order valence-electron chi connectivity index (χ4n) is 3.37. The van der Waals surface area contributed by atoms with Gasteiger partial charge in [-0.1, -0.05) is 18.2 Å². The Kier molecular flexibility index (Phi) is 5.52. The number of hydrogen-bond donors (Lipinski definition) is 1. The van der Waals surface area contributed by atoms with E-state index in [-0.39, 0.29) is 33.7 Å². The maximum Gasteiger partial charge on any atom is 0.257 e. The Morgan fingerprint density at radius 1 is 1.11 bits per heavy atom. The molecule has 6 nitrogen and oxygen atoms in total. The number of fused-ring (bicyclic) bond motifs is 3. The molecule has 1 N–H and O–H groups in total. The van der Waals surface area contributed by atoms with E-state index in [2.05, 4.69) is 5.32 Å². The molecule has 3 aromatic rings. The average Bonchev–Trinajstić information content (AvgIpc) is 3.06. The van der Waals surface area contributed by atoms with Crippen molar-refractivity contribution in [2.45, 2.75) is 22.8 Å². The van der Waals surface area contributed by atoms with Crippen LogP contribution in [0.25, 0.3) is 11.0 Å². The molecule has 4 rings (SSSR count). The summed E-state index contributed by atoms with van der Waals surface area (Å²) in [5.41, 5.74) is 1.64. The molecule has 0 saturated heterocycles. The maximum atomic E-state index is 13.1. The number of rotatable bonds is 3. The number of halogens is 1. The Labute approximate surface area is 169 Å². The summed E-state index contributed by atoms with van der Waals surface area (Å²) in [6, 6.07) is 11.3. The Balaban J connectivity index is 0.00000225. The smallest absolute Gasteiger partial charge is 0.257 e. The zero-order valence-electron chi connectivity index (χ0n) is 15.6. The van der Waals surface area contributed by atoms with Crippen molar-refractivity contribution in [2.75, 3.05) is 20.6 Å². The van der Waals surface area contributed by atoms with Crippen LogP contribution in [0.2, 0.25) is 0 Å². The van der Waals surface area contributed by atoms with E-state index in [0.29, 0.717) is 23.9 Å². The molecule has 2 aromatic carbocycles. The molecule has 0 atom stereocenters. The molecule has 0 bridgehead atoms. The zero-order chi connectivity index (χ0) is 19.2. The van der Waals surface area contributed by atoms with Crippen molar-refractivity contribution in [1.29, 1.82) is 0 Å². The number of nitrogens with zero attached hydrogens (tertiary/aromatic N) is 1. The number of sulfone groups is 1. The zero-order valence-corrected chi connectivity index (χ0v) is 17.2. The molecule has 0 spiro atoms. The van der Waals surface area contributed by atoms with Crippen LogP contribution in [-0.2, 0) is 22.8 Å². The van der Waals surface area contributed by atoms with Crippen LogP contribution in [0.4, 0.5) is 0 Å². The molecule has 28 heavy (non-hydrogen) atoms. The first kappa shape index (κ1) is 20.4. The first-order valence-corrected chi connectivity index (χ1v) is 10.2. The maximum absolute atomic E-state index is 13.1. The second kappa shape index (κ2) is 7.58. The highest BCUT2D eigenvalue weighted by Crippen LogP contribution is 2.35. The fraction of sp³-hybridized carbons (Fsp3) is 0.250. The van der Waals surface area contributed by atoms with Gasteiger partial charge in [-0.05, 0) is 24.3 Å². The second-order valence-electron chi connectivity index (χ2n) is 6.79. The van der Waals surface area contributed by atoms with E-state index >= 15 is 0 Å². The molecule has 8 heteroatoms. The average molecular weight is 421 g/mol. The number of benzene rings is 2. The van der Waals surface area contributed by atoms with Crippen molar-refractivity contribution < 1.29 is 17.6 Å². The van der Waals surface area contributed by atoms with Gasteiger partial charge in [0, 0.05) is 44.6 Å². The van der Waals surface area contributed by atoms with E-state index in [0.717, 1.165) is 17.9 Å². The van der Waals surface area contributed by atoms with Crippen molar-refractivity contribution in [3.63, 3.8) is 0 Å². The molecule has 0 fully saturated rings. The highest BCUT2D eigenvalue weighted by atomic mass is 35.5. The van der Waals surface area contributed by atoms with Gasteiger partial charge in [0.15, 0.2) is 0 Å². The molecule has 1 aliphatic rings. The van der Waals surface area contributed by atoms with Gasteiger partial charge < -0.3 is 14.6 Å². The standard InChI is InChI=1S/C20H20N2O4S.ClH/c1-22(2)20(23)16-11-14(27(24,25)13-6-4-3-5-7-13)10-15-17-12-21-9-8-18(17)26-19(15)16;/h3-7,10-11,21H,8-9,12H2,1-2H3;1H. The molecule has 148 valence electrons. The number of carbonyl (C=O) groups excluding carboxylic acids is 1. The first-order chi connectivity index (χ1) is 12.9. The lowest BCUT2D eigenvalue weighted by molar-refractivity contribution is 0.0828. The molecular formula is C20H21ClN2O4S. The third-order valence-corrected chi connectivity index (χ3v) is 6.53. The molecule has 0 aliphatic carbocycles. The molecule has 0 unspecified atom stereocenters. The van der Waals surface area contributed by atoms with Gasteiger partial charge in [-0.25, -0.2) is 8.42 Å². The Morgan fingerprint density at radius 3 is 2.50 bits per heavy atom. The van der Waals surface area contributed by atoms with Crippen LogP contribution in [0.3, 0.4) is 0 Å². The van der Waals surface area contributed by atoms with E-state index in [1.807, 2.05) is 0 Å². The second-order valence-corrected chi connectivity index (χ2v) is 8.74. The third-order valence-electron chi connectivity index (χ3n) is 4.78. The number of hydrogen-bond acceptors (Lipinski definition) is 5. The summed E-state index contributed by atoms with van der Waals surface area (Å²) in [4.78, 5) is 14.5. The monoisotopic (exact) mass is 420 g/mol. The van der Waals surface area contributed by atoms with Crippen LogP contribution >= 0.6 is 12.4 Å². The lowest BCUT2D eigenvalue weighted by atomic mass is 10.0. The normalized spacial score (nSPS) is 13.6. The van der Waals surface area contributed by atoms with Crippen molar-refractivity contribution in [3.05, 3.63) is 59.4 Å². The Bertz CT molecular complexity index is 1140. The molecule has 0 radical (unpaired) electrons. The summed E-state index contributed by atoms with van der Waals surface area (Å²) in [6.07, 6.45) is 0.709. The summed E-state index contributed by atoms with van der Waals surface area (Å²) >= 11 is 0. The molecule has 1 aliphatic heterocycles. The minimum absolute atomic E-state index is 0. The van der Waals surface area contributed by atoms with E-state index < -0.39 is 9.84 Å². The lowest BCUT2D eigenvalue weighted by Crippen LogP contribution is -2.22. The van der Waals surface area contributed by atoms with Gasteiger partial charge in [0.1, 0.15) is 11.3 Å². The van der Waals surface area contributed by atoms with Crippen LogP contribution in [0.5, 0.6) is 0 Å². The Hall–Kier alpha value is -2.35. The summed E-state index contributed by atoms with van der Waals surface area (Å²) in [5.74, 6) is 0.523. The topological polar surface area (TPSA) is 79.6 Å². The first-order valence-electron chi connectivity index (χ1n) is 8.70. The highest BCUT2D eigenvalue weighted by molar-refractivity contribution is 7.91. The lowest BCUT2D eigenvalue weighted by Gasteiger charge is -2.13. The molecule has 0 saturated carbocycles. The molecular weight excluding hydrogens is 400 g/mol. The minimum Gasteiger partial charge on any atom is -0.460 e. The van der Waals surface area contributed by atoms with E-state index in [4.69, 9.17) is 4.42 Å². The van der Waals surface area contributed by atoms with E-state index in [1.165, 1.54) is 11.0 Å². The van der Waals surface area contributed by atoms with Gasteiger partial charge in [0.25, 0.3) is 5.91 Å². The summed E-state index contributed by atoms with van der Waals surface area (Å²) < 4.78 is 32.3. The van der Waals surface area contributed by atoms with E-state index in [9.17, 15) is 13.2 Å². The van der Waals surface area contributed by atoms with Gasteiger partial charge in [-0.3, -0.25) is 4.79 Å². The van der Waals surface area contributed by atoms with Gasteiger partial charge in [0.2, 0.25) is 9.84 Å². The van der Waals surface area contributed by atoms with E-state index in [1.54, 1.807) is 50.5 Å². The highest BCUT2D eigenvalue weighted by Gasteiger charge is 2.27. The largest absolute Gasteiger partial charge is 0.460 e. The van der Waals surface area contributed by atoms with Crippen LogP contribution in [-0.4, -0.2) is 39.9 Å². The van der Waals surface area contributed by atoms with Crippen molar-refractivity contribution in [2.24, 2.45) is 0 Å². The molecule has 1 aromatic heterocycles. The minimum atomic E-state index is -3.75. The number of nitrogens with one attached hydrogen (secondary N) is 1. The van der Waals surface area contributed by atoms with Crippen molar-refractivity contribution in [1.82, 2.24) is 10.2 Å². The van der Waals surface area contributed by atoms with Crippen LogP contribution < -0.4 is 5.32 Å². The van der Waals surface area contributed by atoms with Gasteiger partial charge in [-0.2, -0.15) is 0 Å². The van der Waals surface area contributed by atoms with Crippen LogP contribution in [0.1, 0.15) is 21.7 Å². The predicted molar refractivity (Wildman–Crippen MR) is 109 cm³/mol. The summed E-state index contributed by atoms with van der Waals surface area (Å²) in [7, 11) is -0.478. The van der Waals surface area contributed by atoms with Crippen molar-refractivity contribution in [3.8, 4) is 0 Å². The summed E-state index contributed by atoms with van der Waals surface area (Å²) in [5, 5.41) is 3.96. The SMILES string of the molecule is CN(C)C(=O)c1cc(S(=O)(=O)c2ccccc2)cc2c3c(oc12)CCNC3.Cl. The molecule has 1 amide bonds. The quantitative estimate of drug-likeness (QED) is 0.704. The van der Waals surface area contributed by atoms with Gasteiger partial charge >= 0.3 is 0 Å². The van der Waals surface area contributed by atoms with Gasteiger partial charge in [-0.15, -0.1) is 12.4 Å². The third kappa shape index (κ3) is 3.30. The van der Waals surface area contributed by atoms with Crippen LogP contribution in [0, 0.1) is 0 Å². The Morgan fingerprint density at radius 2 is 1.82 bits per heavy atom. The molecule has 2 heterocycles. The summed E-state index contributed by atoms with van der Waals surface area (Å²) in [6.45, 7) is 1.38. The number of furan rings is 1.